The number of hydrazone groups is 1. The minimum absolute atomic E-state index is 0.0353. The lowest BCUT2D eigenvalue weighted by atomic mass is 9.91. The molecular weight excluding hydrogens is 767 g/mol. The summed E-state index contributed by atoms with van der Waals surface area (Å²) in [6, 6.07) is 34.1. The van der Waals surface area contributed by atoms with Gasteiger partial charge in [0.2, 0.25) is 0 Å². The number of aryl methyl sites for hydroxylation is 1. The number of ether oxygens (including phenoxy) is 4. The Bertz CT molecular complexity index is 2430. The van der Waals surface area contributed by atoms with E-state index < -0.39 is 76.8 Å². The van der Waals surface area contributed by atoms with Crippen molar-refractivity contribution in [2.75, 3.05) is 6.61 Å². The first-order chi connectivity index (χ1) is 28.0. The van der Waals surface area contributed by atoms with E-state index in [1.807, 2.05) is 0 Å². The van der Waals surface area contributed by atoms with Gasteiger partial charge in [0.25, 0.3) is 21.8 Å². The van der Waals surface area contributed by atoms with E-state index in [4.69, 9.17) is 18.9 Å². The van der Waals surface area contributed by atoms with Crippen molar-refractivity contribution in [3.8, 4) is 0 Å². The largest absolute Gasteiger partial charge is 0.459 e. The van der Waals surface area contributed by atoms with Crippen LogP contribution in [0.4, 0.5) is 0 Å². The van der Waals surface area contributed by atoms with Gasteiger partial charge in [0, 0.05) is 0 Å². The van der Waals surface area contributed by atoms with Crippen molar-refractivity contribution in [2.45, 2.75) is 42.3 Å². The Morgan fingerprint density at radius 3 is 1.66 bits per heavy atom. The Kier molecular flexibility index (Phi) is 11.5. The van der Waals surface area contributed by atoms with Crippen LogP contribution in [0.2, 0.25) is 0 Å². The Morgan fingerprint density at radius 1 is 0.672 bits per heavy atom. The average molecular weight is 802 g/mol. The van der Waals surface area contributed by atoms with Crippen molar-refractivity contribution in [3.63, 3.8) is 0 Å². The number of imide groups is 1. The Morgan fingerprint density at radius 2 is 1.14 bits per heavy atom. The number of rotatable bonds is 12. The van der Waals surface area contributed by atoms with Gasteiger partial charge in [-0.2, -0.15) is 13.5 Å². The van der Waals surface area contributed by atoms with Gasteiger partial charge in [-0.15, -0.1) is 0 Å². The molecule has 5 aromatic rings. The molecule has 1 fully saturated rings. The second-order valence-corrected chi connectivity index (χ2v) is 14.9. The molecule has 0 unspecified atom stereocenters. The average Bonchev–Trinajstić information content (AvgIpc) is 3.50. The number of carbonyl (C=O) groups is 5. The second-order valence-electron chi connectivity index (χ2n) is 13.3. The van der Waals surface area contributed by atoms with Gasteiger partial charge in [-0.25, -0.2) is 19.2 Å². The summed E-state index contributed by atoms with van der Waals surface area (Å²) in [6.45, 7) is 1.19. The number of nitrogens with one attached hydrogen (secondary N) is 1. The summed E-state index contributed by atoms with van der Waals surface area (Å²) in [5, 5.41) is 3.98. The number of carbonyl (C=O) groups excluding carboxylic acids is 5. The molecule has 2 aliphatic rings. The molecule has 7 rings (SSSR count). The van der Waals surface area contributed by atoms with E-state index in [2.05, 4.69) is 9.93 Å². The van der Waals surface area contributed by atoms with E-state index in [-0.39, 0.29) is 32.7 Å². The lowest BCUT2D eigenvalue weighted by Gasteiger charge is -2.46. The Balaban J connectivity index is 1.33. The number of amides is 2. The molecule has 0 aromatic heterocycles. The molecule has 5 aromatic carbocycles. The highest BCUT2D eigenvalue weighted by Crippen LogP contribution is 2.35. The summed E-state index contributed by atoms with van der Waals surface area (Å²) in [5.74, 6) is -4.18. The van der Waals surface area contributed by atoms with Crippen LogP contribution in [0.1, 0.15) is 57.4 Å². The highest BCUT2D eigenvalue weighted by Gasteiger charge is 2.57. The number of sulfonamides is 1. The summed E-state index contributed by atoms with van der Waals surface area (Å²) in [6.07, 6.45) is -5.40. The molecule has 15 heteroatoms. The van der Waals surface area contributed by atoms with Crippen LogP contribution < -0.4 is 4.83 Å². The SMILES string of the molecule is Cc1ccc(S(=O)(=O)NN=C[C@@H]2O[C@H](COC(=O)c3ccccc3)[C@@H](OC(=O)c3ccccc3)[C@H](OC(=O)c3ccccc3)[C@H]2N2C(=O)c3ccccc3C2=O)cc1. The molecule has 294 valence electrons. The number of nitrogens with zero attached hydrogens (tertiary/aromatic N) is 2. The van der Waals surface area contributed by atoms with Crippen LogP contribution in [-0.4, -0.2) is 86.3 Å². The molecule has 2 aliphatic heterocycles. The van der Waals surface area contributed by atoms with E-state index in [0.29, 0.717) is 0 Å². The summed E-state index contributed by atoms with van der Waals surface area (Å²) in [7, 11) is -4.25. The summed E-state index contributed by atoms with van der Waals surface area (Å²) in [5.41, 5.74) is 1.25. The fraction of sp³-hybridized carbons (Fsp3) is 0.163. The maximum Gasteiger partial charge on any atom is 0.338 e. The van der Waals surface area contributed by atoms with Crippen LogP contribution in [0.25, 0.3) is 0 Å². The maximum atomic E-state index is 14.2. The van der Waals surface area contributed by atoms with Crippen LogP contribution in [-0.2, 0) is 29.0 Å². The van der Waals surface area contributed by atoms with Gasteiger partial charge in [0.15, 0.2) is 12.2 Å². The van der Waals surface area contributed by atoms with Crippen LogP contribution in [0.3, 0.4) is 0 Å². The van der Waals surface area contributed by atoms with Gasteiger partial charge >= 0.3 is 17.9 Å². The first kappa shape index (κ1) is 39.3. The monoisotopic (exact) mass is 801 g/mol. The number of hydrogen-bond donors (Lipinski definition) is 1. The van der Waals surface area contributed by atoms with Crippen molar-refractivity contribution in [1.29, 1.82) is 0 Å². The van der Waals surface area contributed by atoms with Gasteiger partial charge in [0.05, 0.1) is 38.9 Å². The number of hydrogen-bond acceptors (Lipinski definition) is 12. The third kappa shape index (κ3) is 8.40. The molecule has 2 heterocycles. The van der Waals surface area contributed by atoms with E-state index in [1.165, 1.54) is 60.7 Å². The van der Waals surface area contributed by atoms with Crippen LogP contribution in [0.5, 0.6) is 0 Å². The van der Waals surface area contributed by atoms with Gasteiger partial charge in [-0.3, -0.25) is 14.5 Å². The smallest absolute Gasteiger partial charge is 0.338 e. The number of benzene rings is 5. The predicted molar refractivity (Wildman–Crippen MR) is 207 cm³/mol. The molecule has 0 bridgehead atoms. The van der Waals surface area contributed by atoms with E-state index in [9.17, 15) is 32.4 Å². The van der Waals surface area contributed by atoms with Crippen molar-refractivity contribution < 1.29 is 51.3 Å². The minimum atomic E-state index is -4.25. The summed E-state index contributed by atoms with van der Waals surface area (Å²) >= 11 is 0. The first-order valence-electron chi connectivity index (χ1n) is 18.0. The first-order valence-corrected chi connectivity index (χ1v) is 19.5. The molecule has 1 N–H and O–H groups in total. The third-order valence-corrected chi connectivity index (χ3v) is 10.7. The highest BCUT2D eigenvalue weighted by molar-refractivity contribution is 7.89. The molecule has 58 heavy (non-hydrogen) atoms. The molecule has 14 nitrogen and oxygen atoms in total. The molecule has 0 saturated carbocycles. The molecule has 0 spiro atoms. The Hall–Kier alpha value is -6.97. The van der Waals surface area contributed by atoms with Crippen molar-refractivity contribution >= 4 is 46.0 Å². The number of esters is 3. The zero-order chi connectivity index (χ0) is 40.8. The fourth-order valence-corrected chi connectivity index (χ4v) is 7.35. The lowest BCUT2D eigenvalue weighted by Crippen LogP contribution is -2.67. The quantitative estimate of drug-likeness (QED) is 0.0589. The fourth-order valence-electron chi connectivity index (χ4n) is 6.55. The second kappa shape index (κ2) is 17.0. The van der Waals surface area contributed by atoms with Crippen LogP contribution >= 0.6 is 0 Å². The topological polar surface area (TPSA) is 184 Å². The maximum absolute atomic E-state index is 14.2. The van der Waals surface area contributed by atoms with Crippen LogP contribution in [0, 0.1) is 6.92 Å². The van der Waals surface area contributed by atoms with Crippen molar-refractivity contribution in [2.24, 2.45) is 5.10 Å². The lowest BCUT2D eigenvalue weighted by molar-refractivity contribution is -0.188. The minimum Gasteiger partial charge on any atom is -0.459 e. The van der Waals surface area contributed by atoms with Crippen LogP contribution in [0.15, 0.2) is 150 Å². The molecule has 0 radical (unpaired) electrons. The predicted octanol–water partition coefficient (Wildman–Crippen LogP) is 5.00. The Labute approximate surface area is 333 Å². The molecule has 1 saturated heterocycles. The summed E-state index contributed by atoms with van der Waals surface area (Å²) < 4.78 is 50.8. The van der Waals surface area contributed by atoms with E-state index >= 15 is 0 Å². The highest BCUT2D eigenvalue weighted by atomic mass is 32.2. The van der Waals surface area contributed by atoms with Gasteiger partial charge in [-0.05, 0) is 67.6 Å². The van der Waals surface area contributed by atoms with E-state index in [0.717, 1.165) is 16.7 Å². The third-order valence-electron chi connectivity index (χ3n) is 9.44. The van der Waals surface area contributed by atoms with Gasteiger partial charge in [0.1, 0.15) is 24.9 Å². The standard InChI is InChI=1S/C43H35N3O11S/c1-27-21-23-31(24-22-27)58(52,53)45-44-25-34-36(46-39(47)32-19-11-12-20-33(32)40(46)48)38(57-43(51)30-17-9-4-10-18-30)37(56-42(50)29-15-7-3-8-16-29)35(55-34)26-54-41(49)28-13-5-2-6-14-28/h2-25,34-38,45H,26H2,1H3/t34-,35+,36-,37+,38+/m0/s1. The van der Waals surface area contributed by atoms with Crippen molar-refractivity contribution in [1.82, 2.24) is 9.73 Å². The molecule has 5 atom stereocenters. The van der Waals surface area contributed by atoms with Gasteiger partial charge < -0.3 is 18.9 Å². The summed E-state index contributed by atoms with van der Waals surface area (Å²) in [4.78, 5) is 72.1. The molecule has 2 amide bonds. The molecular formula is C43H35N3O11S. The van der Waals surface area contributed by atoms with Gasteiger partial charge in [-0.1, -0.05) is 84.4 Å². The zero-order valence-electron chi connectivity index (χ0n) is 30.7. The van der Waals surface area contributed by atoms with Crippen molar-refractivity contribution in [3.05, 3.63) is 173 Å². The van der Waals surface area contributed by atoms with E-state index in [1.54, 1.807) is 85.8 Å². The number of fused-ring (bicyclic) bond motifs is 1. The zero-order valence-corrected chi connectivity index (χ0v) is 31.6. The normalized spacial score (nSPS) is 20.3. The molecule has 0 aliphatic carbocycles.